The van der Waals surface area contributed by atoms with Crippen LogP contribution in [-0.2, 0) is 0 Å². The third-order valence-electron chi connectivity index (χ3n) is 4.79. The lowest BCUT2D eigenvalue weighted by Crippen LogP contribution is -2.45. The zero-order chi connectivity index (χ0) is 17.1. The lowest BCUT2D eigenvalue weighted by molar-refractivity contribution is 0.0661. The van der Waals surface area contributed by atoms with Crippen LogP contribution in [0.5, 0.6) is 0 Å². The molecule has 3 rings (SSSR count). The third kappa shape index (κ3) is 4.55. The van der Waals surface area contributed by atoms with E-state index in [1.807, 2.05) is 60.4 Å². The van der Waals surface area contributed by atoms with Crippen LogP contribution in [0.15, 0.2) is 48.5 Å². The fourth-order valence-corrected chi connectivity index (χ4v) is 3.49. The van der Waals surface area contributed by atoms with Gasteiger partial charge in [0.2, 0.25) is 0 Å². The van der Waals surface area contributed by atoms with Gasteiger partial charge in [-0.2, -0.15) is 0 Å². The molecule has 1 heterocycles. The number of piperidine rings is 1. The van der Waals surface area contributed by atoms with Crippen molar-refractivity contribution in [1.82, 2.24) is 4.90 Å². The first-order valence-corrected chi connectivity index (χ1v) is 8.84. The summed E-state index contributed by atoms with van der Waals surface area (Å²) in [6, 6.07) is 15.8. The molecule has 0 spiro atoms. The van der Waals surface area contributed by atoms with E-state index in [1.165, 1.54) is 0 Å². The molecule has 2 aromatic rings. The number of hydrogen-bond acceptors (Lipinski definition) is 2. The Morgan fingerprint density at radius 3 is 2.60 bits per heavy atom. The Hall–Kier alpha value is -1.55. The van der Waals surface area contributed by atoms with Gasteiger partial charge in [0.1, 0.15) is 0 Å². The molecule has 0 radical (unpaired) electrons. The number of likely N-dealkylation sites (tertiary alicyclic amines) is 1. The van der Waals surface area contributed by atoms with Gasteiger partial charge in [0.15, 0.2) is 0 Å². The SMILES string of the molecule is CC(N)C1CCCN(C(=O)c2cc(-c3ccccc3)ccc2Cl)C1.Cl. The van der Waals surface area contributed by atoms with Crippen LogP contribution < -0.4 is 5.73 Å². The van der Waals surface area contributed by atoms with E-state index in [9.17, 15) is 4.79 Å². The van der Waals surface area contributed by atoms with Crippen molar-refractivity contribution in [2.24, 2.45) is 11.7 Å². The van der Waals surface area contributed by atoms with Gasteiger partial charge in [-0.05, 0) is 48.9 Å². The molecule has 134 valence electrons. The Labute approximate surface area is 160 Å². The summed E-state index contributed by atoms with van der Waals surface area (Å²) in [5.74, 6) is 0.363. The average molecular weight is 379 g/mol. The van der Waals surface area contributed by atoms with Crippen LogP contribution in [0.3, 0.4) is 0 Å². The molecule has 2 unspecified atom stereocenters. The second-order valence-electron chi connectivity index (χ2n) is 6.57. The van der Waals surface area contributed by atoms with E-state index in [0.717, 1.165) is 30.5 Å². The smallest absolute Gasteiger partial charge is 0.255 e. The van der Waals surface area contributed by atoms with Crippen molar-refractivity contribution in [2.75, 3.05) is 13.1 Å². The highest BCUT2D eigenvalue weighted by Crippen LogP contribution is 2.28. The molecule has 1 saturated heterocycles. The monoisotopic (exact) mass is 378 g/mol. The largest absolute Gasteiger partial charge is 0.338 e. The fraction of sp³-hybridized carbons (Fsp3) is 0.350. The van der Waals surface area contributed by atoms with Gasteiger partial charge in [0.25, 0.3) is 5.91 Å². The summed E-state index contributed by atoms with van der Waals surface area (Å²) in [5, 5.41) is 0.502. The Bertz CT molecular complexity index is 719. The lowest BCUT2D eigenvalue weighted by Gasteiger charge is -2.34. The van der Waals surface area contributed by atoms with Crippen molar-refractivity contribution < 1.29 is 4.79 Å². The zero-order valence-corrected chi connectivity index (χ0v) is 15.9. The Balaban J connectivity index is 0.00000225. The molecule has 1 fully saturated rings. The van der Waals surface area contributed by atoms with Gasteiger partial charge in [0, 0.05) is 19.1 Å². The minimum atomic E-state index is 0. The first kappa shape index (κ1) is 19.8. The molecule has 1 amide bonds. The van der Waals surface area contributed by atoms with Gasteiger partial charge in [0.05, 0.1) is 10.6 Å². The number of carbonyl (C=O) groups is 1. The molecule has 0 saturated carbocycles. The molecule has 25 heavy (non-hydrogen) atoms. The standard InChI is InChI=1S/C20H23ClN2O.ClH/c1-14(22)17-8-5-11-23(13-17)20(24)18-12-16(9-10-19(18)21)15-6-3-2-4-7-15;/h2-4,6-7,9-10,12,14,17H,5,8,11,13,22H2,1H3;1H. The summed E-state index contributed by atoms with van der Waals surface area (Å²) in [7, 11) is 0. The van der Waals surface area contributed by atoms with Gasteiger partial charge >= 0.3 is 0 Å². The van der Waals surface area contributed by atoms with Crippen LogP contribution in [0.25, 0.3) is 11.1 Å². The maximum atomic E-state index is 13.0. The molecule has 0 bridgehead atoms. The average Bonchev–Trinajstić information content (AvgIpc) is 2.62. The first-order valence-electron chi connectivity index (χ1n) is 8.46. The van der Waals surface area contributed by atoms with Gasteiger partial charge in [-0.3, -0.25) is 4.79 Å². The predicted molar refractivity (Wildman–Crippen MR) is 106 cm³/mol. The topological polar surface area (TPSA) is 46.3 Å². The van der Waals surface area contributed by atoms with Crippen molar-refractivity contribution in [2.45, 2.75) is 25.8 Å². The summed E-state index contributed by atoms with van der Waals surface area (Å²) in [5.41, 5.74) is 8.69. The number of hydrogen-bond donors (Lipinski definition) is 1. The quantitative estimate of drug-likeness (QED) is 0.845. The zero-order valence-electron chi connectivity index (χ0n) is 14.3. The van der Waals surface area contributed by atoms with E-state index in [0.29, 0.717) is 23.0 Å². The summed E-state index contributed by atoms with van der Waals surface area (Å²) < 4.78 is 0. The number of halogens is 2. The van der Waals surface area contributed by atoms with Gasteiger partial charge in [-0.25, -0.2) is 0 Å². The van der Waals surface area contributed by atoms with E-state index in [-0.39, 0.29) is 24.4 Å². The van der Waals surface area contributed by atoms with E-state index in [1.54, 1.807) is 0 Å². The number of carbonyl (C=O) groups excluding carboxylic acids is 1. The van der Waals surface area contributed by atoms with Gasteiger partial charge in [-0.15, -0.1) is 12.4 Å². The summed E-state index contributed by atoms with van der Waals surface area (Å²) >= 11 is 6.32. The van der Waals surface area contributed by atoms with Crippen molar-refractivity contribution in [3.63, 3.8) is 0 Å². The van der Waals surface area contributed by atoms with Crippen LogP contribution in [0.4, 0.5) is 0 Å². The van der Waals surface area contributed by atoms with Crippen LogP contribution in [0.2, 0.25) is 5.02 Å². The molecule has 2 N–H and O–H groups in total. The van der Waals surface area contributed by atoms with Crippen LogP contribution >= 0.6 is 24.0 Å². The van der Waals surface area contributed by atoms with Crippen molar-refractivity contribution in [3.05, 3.63) is 59.1 Å². The Morgan fingerprint density at radius 2 is 1.92 bits per heavy atom. The Kier molecular flexibility index (Phi) is 6.88. The highest BCUT2D eigenvalue weighted by atomic mass is 35.5. The normalized spacial score (nSPS) is 18.4. The fourth-order valence-electron chi connectivity index (χ4n) is 3.29. The van der Waals surface area contributed by atoms with E-state index >= 15 is 0 Å². The third-order valence-corrected chi connectivity index (χ3v) is 5.12. The lowest BCUT2D eigenvalue weighted by atomic mass is 9.91. The van der Waals surface area contributed by atoms with Crippen molar-refractivity contribution >= 4 is 29.9 Å². The molecule has 5 heteroatoms. The van der Waals surface area contributed by atoms with Crippen LogP contribution in [0.1, 0.15) is 30.1 Å². The summed E-state index contributed by atoms with van der Waals surface area (Å²) in [6.45, 7) is 3.50. The number of amides is 1. The highest BCUT2D eigenvalue weighted by molar-refractivity contribution is 6.34. The second-order valence-corrected chi connectivity index (χ2v) is 6.98. The maximum absolute atomic E-state index is 13.0. The highest BCUT2D eigenvalue weighted by Gasteiger charge is 2.27. The first-order chi connectivity index (χ1) is 11.6. The molecular weight excluding hydrogens is 355 g/mol. The summed E-state index contributed by atoms with van der Waals surface area (Å²) in [6.07, 6.45) is 2.08. The number of rotatable bonds is 3. The predicted octanol–water partition coefficient (Wildman–Crippen LogP) is 4.63. The minimum absolute atomic E-state index is 0. The maximum Gasteiger partial charge on any atom is 0.255 e. The molecule has 1 aliphatic heterocycles. The molecule has 0 aromatic heterocycles. The van der Waals surface area contributed by atoms with Crippen LogP contribution in [-0.4, -0.2) is 29.9 Å². The van der Waals surface area contributed by atoms with E-state index < -0.39 is 0 Å². The minimum Gasteiger partial charge on any atom is -0.338 e. The molecule has 1 aliphatic rings. The molecule has 2 atom stereocenters. The molecule has 2 aromatic carbocycles. The van der Waals surface area contributed by atoms with E-state index in [2.05, 4.69) is 0 Å². The molecule has 3 nitrogen and oxygen atoms in total. The van der Waals surface area contributed by atoms with Crippen LogP contribution in [0, 0.1) is 5.92 Å². The van der Waals surface area contributed by atoms with Gasteiger partial charge < -0.3 is 10.6 Å². The number of nitrogens with two attached hydrogens (primary N) is 1. The van der Waals surface area contributed by atoms with Gasteiger partial charge in [-0.1, -0.05) is 48.0 Å². The number of nitrogens with zero attached hydrogens (tertiary/aromatic N) is 1. The summed E-state index contributed by atoms with van der Waals surface area (Å²) in [4.78, 5) is 14.9. The Morgan fingerprint density at radius 1 is 1.20 bits per heavy atom. The van der Waals surface area contributed by atoms with E-state index in [4.69, 9.17) is 17.3 Å². The van der Waals surface area contributed by atoms with Crippen molar-refractivity contribution in [3.8, 4) is 11.1 Å². The molecular formula is C20H24Cl2N2O. The second kappa shape index (κ2) is 8.70. The van der Waals surface area contributed by atoms with Crippen molar-refractivity contribution in [1.29, 1.82) is 0 Å². The molecule has 0 aliphatic carbocycles. The number of benzene rings is 2.